The average molecular weight is 198 g/mol. The lowest BCUT2D eigenvalue weighted by Crippen LogP contribution is -1.83. The van der Waals surface area contributed by atoms with Crippen LogP contribution in [0.4, 0.5) is 0 Å². The molecular weight excluding hydrogens is 192 g/mol. The maximum atomic E-state index is 5.08. The highest BCUT2D eigenvalue weighted by atomic mass is 32.1. The van der Waals surface area contributed by atoms with Crippen molar-refractivity contribution in [3.63, 3.8) is 0 Å². The van der Waals surface area contributed by atoms with Crippen LogP contribution in [-0.4, -0.2) is 20.2 Å². The summed E-state index contributed by atoms with van der Waals surface area (Å²) in [7, 11) is 0. The van der Waals surface area contributed by atoms with Crippen molar-refractivity contribution in [3.8, 4) is 0 Å². The van der Waals surface area contributed by atoms with Gasteiger partial charge in [0.05, 0.1) is 5.39 Å². The zero-order valence-corrected chi connectivity index (χ0v) is 7.90. The van der Waals surface area contributed by atoms with Gasteiger partial charge < -0.3 is 9.97 Å². The van der Waals surface area contributed by atoms with Crippen molar-refractivity contribution in [2.75, 3.05) is 0 Å². The van der Waals surface area contributed by atoms with Gasteiger partial charge in [-0.3, -0.25) is 5.10 Å². The van der Waals surface area contributed by atoms with Crippen molar-refractivity contribution in [1.82, 2.24) is 20.2 Å². The minimum atomic E-state index is 0.499. The van der Waals surface area contributed by atoms with Gasteiger partial charge in [-0.25, -0.2) is 0 Å². The predicted molar refractivity (Wildman–Crippen MR) is 51.2 cm³/mol. The molecule has 3 N–H and O–H groups in total. The smallest absolute Gasteiger partial charge is 0.177 e. The van der Waals surface area contributed by atoms with Crippen molar-refractivity contribution in [2.24, 2.45) is 0 Å². The Balaban J connectivity index is 3.13. The number of nitrogens with one attached hydrogen (secondary N) is 3. The Morgan fingerprint density at radius 2 is 2.00 bits per heavy atom. The summed E-state index contributed by atoms with van der Waals surface area (Å²) in [6.07, 6.45) is 0. The van der Waals surface area contributed by atoms with Gasteiger partial charge in [0.1, 0.15) is 4.64 Å². The van der Waals surface area contributed by atoms with Crippen LogP contribution in [0.2, 0.25) is 0 Å². The second-order valence-corrected chi connectivity index (χ2v) is 3.30. The number of fused-ring (bicyclic) bond motifs is 1. The van der Waals surface area contributed by atoms with Crippen LogP contribution < -0.4 is 0 Å². The molecule has 0 aliphatic rings. The minimum absolute atomic E-state index is 0.499. The summed E-state index contributed by atoms with van der Waals surface area (Å²) in [6, 6.07) is 0. The first-order valence-corrected chi connectivity index (χ1v) is 4.17. The third-order valence-electron chi connectivity index (χ3n) is 1.63. The largest absolute Gasteiger partial charge is 0.323 e. The van der Waals surface area contributed by atoms with Crippen LogP contribution in [0.3, 0.4) is 0 Å². The number of aryl methyl sites for hydroxylation is 1. The number of hydrogen-bond donors (Lipinski definition) is 3. The van der Waals surface area contributed by atoms with E-state index in [-0.39, 0.29) is 0 Å². The molecule has 0 atom stereocenters. The van der Waals surface area contributed by atoms with E-state index in [0.717, 1.165) is 11.1 Å². The van der Waals surface area contributed by atoms with Crippen LogP contribution in [0.25, 0.3) is 11.0 Å². The van der Waals surface area contributed by atoms with E-state index in [2.05, 4.69) is 20.2 Å². The molecule has 0 saturated carbocycles. The Bertz CT molecular complexity index is 532. The molecule has 12 heavy (non-hydrogen) atoms. The number of nitrogens with zero attached hydrogens (tertiary/aromatic N) is 1. The number of aromatic amines is 3. The van der Waals surface area contributed by atoms with Crippen molar-refractivity contribution >= 4 is 35.5 Å². The van der Waals surface area contributed by atoms with E-state index >= 15 is 0 Å². The first-order valence-electron chi connectivity index (χ1n) is 3.36. The molecule has 2 aromatic rings. The molecule has 4 nitrogen and oxygen atoms in total. The number of hydrogen-bond acceptors (Lipinski definition) is 3. The molecule has 0 unspecified atom stereocenters. The summed E-state index contributed by atoms with van der Waals surface area (Å²) in [6.45, 7) is 1.91. The normalized spacial score (nSPS) is 10.8. The first-order chi connectivity index (χ1) is 5.68. The zero-order valence-electron chi connectivity index (χ0n) is 6.26. The van der Waals surface area contributed by atoms with E-state index in [9.17, 15) is 0 Å². The molecule has 0 spiro atoms. The van der Waals surface area contributed by atoms with Crippen LogP contribution in [0.5, 0.6) is 0 Å². The second kappa shape index (κ2) is 2.49. The third kappa shape index (κ3) is 0.997. The van der Waals surface area contributed by atoms with E-state index < -0.39 is 0 Å². The molecule has 2 heterocycles. The fraction of sp³-hybridized carbons (Fsp3) is 0.167. The second-order valence-electron chi connectivity index (χ2n) is 2.48. The summed E-state index contributed by atoms with van der Waals surface area (Å²) in [4.78, 5) is 5.76. The molecule has 62 valence electrons. The van der Waals surface area contributed by atoms with Gasteiger partial charge in [-0.2, -0.15) is 5.10 Å². The lowest BCUT2D eigenvalue weighted by molar-refractivity contribution is 1.05. The van der Waals surface area contributed by atoms with Crippen molar-refractivity contribution < 1.29 is 0 Å². The molecule has 0 aromatic carbocycles. The highest BCUT2D eigenvalue weighted by Crippen LogP contribution is 2.12. The number of H-pyrrole nitrogens is 3. The summed E-state index contributed by atoms with van der Waals surface area (Å²) in [5.74, 6) is 0. The first kappa shape index (κ1) is 7.63. The molecule has 2 aromatic heterocycles. The van der Waals surface area contributed by atoms with E-state index in [1.54, 1.807) is 0 Å². The fourth-order valence-electron chi connectivity index (χ4n) is 1.10. The van der Waals surface area contributed by atoms with Gasteiger partial charge in [0.2, 0.25) is 0 Å². The molecule has 2 rings (SSSR count). The van der Waals surface area contributed by atoms with Gasteiger partial charge in [0, 0.05) is 5.69 Å². The van der Waals surface area contributed by atoms with Gasteiger partial charge in [-0.15, -0.1) is 0 Å². The van der Waals surface area contributed by atoms with Crippen molar-refractivity contribution in [2.45, 2.75) is 6.92 Å². The maximum Gasteiger partial charge on any atom is 0.177 e. The van der Waals surface area contributed by atoms with E-state index in [1.807, 2.05) is 6.92 Å². The highest BCUT2D eigenvalue weighted by molar-refractivity contribution is 7.72. The van der Waals surface area contributed by atoms with E-state index in [0.29, 0.717) is 15.1 Å². The molecule has 0 fully saturated rings. The van der Waals surface area contributed by atoms with Gasteiger partial charge in [-0.1, -0.05) is 12.2 Å². The van der Waals surface area contributed by atoms with Gasteiger partial charge in [0.25, 0.3) is 0 Å². The third-order valence-corrected chi connectivity index (χ3v) is 2.14. The van der Waals surface area contributed by atoms with Crippen LogP contribution in [0.1, 0.15) is 5.69 Å². The van der Waals surface area contributed by atoms with E-state index in [1.165, 1.54) is 0 Å². The number of aromatic nitrogens is 4. The van der Waals surface area contributed by atoms with Crippen LogP contribution in [-0.2, 0) is 0 Å². The highest BCUT2D eigenvalue weighted by Gasteiger charge is 2.02. The molecule has 6 heteroatoms. The van der Waals surface area contributed by atoms with Crippen LogP contribution >= 0.6 is 24.4 Å². The Labute approximate surface area is 78.0 Å². The van der Waals surface area contributed by atoms with Crippen LogP contribution in [0.15, 0.2) is 0 Å². The van der Waals surface area contributed by atoms with Gasteiger partial charge in [-0.05, 0) is 19.1 Å². The molecule has 0 bridgehead atoms. The monoisotopic (exact) mass is 198 g/mol. The van der Waals surface area contributed by atoms with Gasteiger partial charge in [0.15, 0.2) is 10.4 Å². The molecule has 0 aliphatic heterocycles. The summed E-state index contributed by atoms with van der Waals surface area (Å²) >= 11 is 9.98. The maximum absolute atomic E-state index is 5.08. The molecule has 0 amide bonds. The molecular formula is C6H6N4S2. The quantitative estimate of drug-likeness (QED) is 0.567. The Morgan fingerprint density at radius 3 is 2.75 bits per heavy atom. The molecule has 0 aliphatic carbocycles. The zero-order chi connectivity index (χ0) is 8.72. The van der Waals surface area contributed by atoms with Crippen LogP contribution in [0, 0.1) is 16.3 Å². The lowest BCUT2D eigenvalue weighted by Gasteiger charge is -1.89. The van der Waals surface area contributed by atoms with Crippen molar-refractivity contribution in [1.29, 1.82) is 0 Å². The SMILES string of the molecule is Cc1[nH]nc2[nH]c(=S)[nH]c(=S)c12. The molecule has 0 saturated heterocycles. The Kier molecular flexibility index (Phi) is 1.59. The molecule has 0 radical (unpaired) electrons. The standard InChI is InChI=1S/C6H6N4S2/c1-2-3-4(10-9-2)7-6(12)8-5(3)11/h1H3,(H3,7,8,9,10,11,12). The van der Waals surface area contributed by atoms with Gasteiger partial charge >= 0.3 is 0 Å². The lowest BCUT2D eigenvalue weighted by atomic mass is 10.3. The summed E-state index contributed by atoms with van der Waals surface area (Å²) in [5, 5.41) is 7.74. The average Bonchev–Trinajstić information content (AvgIpc) is 2.31. The Morgan fingerprint density at radius 1 is 1.25 bits per heavy atom. The fourth-order valence-corrected chi connectivity index (χ4v) is 1.72. The predicted octanol–water partition coefficient (Wildman–Crippen LogP) is 1.99. The van der Waals surface area contributed by atoms with E-state index in [4.69, 9.17) is 24.4 Å². The summed E-state index contributed by atoms with van der Waals surface area (Å²) < 4.78 is 1.12. The van der Waals surface area contributed by atoms with Crippen molar-refractivity contribution in [3.05, 3.63) is 15.1 Å². The summed E-state index contributed by atoms with van der Waals surface area (Å²) in [5.41, 5.74) is 1.65. The topological polar surface area (TPSA) is 60.3 Å². The Hall–Kier alpha value is -1.01. The minimum Gasteiger partial charge on any atom is -0.323 e. The number of rotatable bonds is 0.